The predicted molar refractivity (Wildman–Crippen MR) is 138 cm³/mol. The molecule has 1 saturated carbocycles. The number of halogens is 3. The zero-order valence-corrected chi connectivity index (χ0v) is 21.4. The summed E-state index contributed by atoms with van der Waals surface area (Å²) in [6, 6.07) is 13.2. The Morgan fingerprint density at radius 2 is 1.51 bits per heavy atom. The number of nitrogens with one attached hydrogen (secondary N) is 2. The maximum absolute atomic E-state index is 13.0. The quantitative estimate of drug-likeness (QED) is 0.402. The minimum atomic E-state index is -4.25. The summed E-state index contributed by atoms with van der Waals surface area (Å²) in [6.45, 7) is 7.96. The minimum absolute atomic E-state index is 0.211. The van der Waals surface area contributed by atoms with Crippen molar-refractivity contribution in [2.45, 2.75) is 76.8 Å². The van der Waals surface area contributed by atoms with E-state index >= 15 is 0 Å². The molecule has 7 heteroatoms. The van der Waals surface area contributed by atoms with Gasteiger partial charge in [-0.2, -0.15) is 13.2 Å². The Morgan fingerprint density at radius 3 is 2.00 bits per heavy atom. The van der Waals surface area contributed by atoms with Crippen molar-refractivity contribution in [2.24, 2.45) is 0 Å². The van der Waals surface area contributed by atoms with E-state index in [1.54, 1.807) is 12.1 Å². The van der Waals surface area contributed by atoms with E-state index in [1.807, 2.05) is 18.2 Å². The summed E-state index contributed by atoms with van der Waals surface area (Å²) in [5.74, 6) is 0.554. The van der Waals surface area contributed by atoms with Gasteiger partial charge in [0, 0.05) is 30.4 Å². The fourth-order valence-corrected chi connectivity index (χ4v) is 5.15. The molecule has 1 aliphatic rings. The van der Waals surface area contributed by atoms with Crippen molar-refractivity contribution in [3.8, 4) is 0 Å². The number of anilines is 2. The van der Waals surface area contributed by atoms with E-state index in [2.05, 4.69) is 50.5 Å². The van der Waals surface area contributed by atoms with E-state index < -0.39 is 12.7 Å². The highest BCUT2D eigenvalue weighted by atomic mass is 19.4. The van der Waals surface area contributed by atoms with Crippen LogP contribution in [0.25, 0.3) is 0 Å². The van der Waals surface area contributed by atoms with Gasteiger partial charge >= 0.3 is 12.2 Å². The second-order valence-corrected chi connectivity index (χ2v) is 10.4. The van der Waals surface area contributed by atoms with Crippen LogP contribution in [-0.4, -0.2) is 32.3 Å². The molecule has 0 aromatic heterocycles. The van der Waals surface area contributed by atoms with E-state index in [0.717, 1.165) is 48.1 Å². The molecule has 0 bridgehead atoms. The van der Waals surface area contributed by atoms with Gasteiger partial charge in [0.25, 0.3) is 0 Å². The van der Waals surface area contributed by atoms with Crippen LogP contribution in [0.2, 0.25) is 0 Å². The maximum atomic E-state index is 13.0. The molecule has 0 unspecified atom stereocenters. The molecule has 35 heavy (non-hydrogen) atoms. The highest BCUT2D eigenvalue weighted by Crippen LogP contribution is 2.41. The van der Waals surface area contributed by atoms with Crippen molar-refractivity contribution in [3.05, 3.63) is 59.2 Å². The van der Waals surface area contributed by atoms with Crippen molar-refractivity contribution >= 4 is 17.4 Å². The fourth-order valence-electron chi connectivity index (χ4n) is 5.15. The number of hydrogen-bond acceptors (Lipinski definition) is 2. The van der Waals surface area contributed by atoms with Gasteiger partial charge in [-0.25, -0.2) is 4.79 Å². The van der Waals surface area contributed by atoms with Crippen molar-refractivity contribution in [2.75, 3.05) is 30.4 Å². The summed E-state index contributed by atoms with van der Waals surface area (Å²) in [5.41, 5.74) is 4.48. The molecular weight excluding hydrogens is 451 g/mol. The lowest BCUT2D eigenvalue weighted by atomic mass is 9.78. The summed E-state index contributed by atoms with van der Waals surface area (Å²) in [6.07, 6.45) is -0.254. The summed E-state index contributed by atoms with van der Waals surface area (Å²) >= 11 is 0. The smallest absolute Gasteiger partial charge is 0.366 e. The molecule has 2 aromatic rings. The lowest BCUT2D eigenvalue weighted by Crippen LogP contribution is -2.41. The second kappa shape index (κ2) is 10.9. The summed E-state index contributed by atoms with van der Waals surface area (Å²) in [7, 11) is 1.44. The predicted octanol–water partition coefficient (Wildman–Crippen LogP) is 7.57. The average molecular weight is 490 g/mol. The molecule has 1 aliphatic carbocycles. The van der Waals surface area contributed by atoms with Crippen LogP contribution in [0.4, 0.5) is 29.3 Å². The number of amides is 2. The Labute approximate surface area is 207 Å². The molecule has 0 heterocycles. The van der Waals surface area contributed by atoms with Crippen molar-refractivity contribution < 1.29 is 18.0 Å². The van der Waals surface area contributed by atoms with Gasteiger partial charge in [0.05, 0.1) is 0 Å². The SMILES string of the molecule is CC(C)c1cccc(C(C)C)c1NC(=O)NCC1(c2ccc(N(C)CC(F)(F)F)cc2)CCCC1. The van der Waals surface area contributed by atoms with E-state index in [-0.39, 0.29) is 23.3 Å². The molecule has 2 amide bonds. The molecule has 0 radical (unpaired) electrons. The lowest BCUT2D eigenvalue weighted by molar-refractivity contribution is -0.119. The van der Waals surface area contributed by atoms with Crippen molar-refractivity contribution in [1.82, 2.24) is 5.32 Å². The summed E-state index contributed by atoms with van der Waals surface area (Å²) in [4.78, 5) is 14.2. The first kappa shape index (κ1) is 26.9. The highest BCUT2D eigenvalue weighted by molar-refractivity contribution is 5.91. The third kappa shape index (κ3) is 6.71. The molecule has 4 nitrogen and oxygen atoms in total. The molecular formula is C28H38F3N3O. The molecule has 0 aliphatic heterocycles. The van der Waals surface area contributed by atoms with E-state index in [0.29, 0.717) is 12.2 Å². The topological polar surface area (TPSA) is 44.4 Å². The van der Waals surface area contributed by atoms with Gasteiger partial charge in [-0.05, 0) is 53.5 Å². The van der Waals surface area contributed by atoms with Gasteiger partial charge in [-0.15, -0.1) is 0 Å². The van der Waals surface area contributed by atoms with E-state index in [1.165, 1.54) is 11.9 Å². The molecule has 0 atom stereocenters. The standard InChI is InChI=1S/C28H38F3N3O/c1-19(2)23-9-8-10-24(20(3)4)25(23)33-26(35)32-17-27(15-6-7-16-27)21-11-13-22(14-12-21)34(5)18-28(29,30)31/h8-14,19-20H,6-7,15-18H2,1-5H3,(H2,32,33,35). The normalized spacial score (nSPS) is 15.5. The molecule has 2 N–H and O–H groups in total. The van der Waals surface area contributed by atoms with Gasteiger partial charge in [0.15, 0.2) is 0 Å². The molecule has 0 spiro atoms. The largest absolute Gasteiger partial charge is 0.405 e. The Hall–Kier alpha value is -2.70. The number of carbonyl (C=O) groups is 1. The van der Waals surface area contributed by atoms with Crippen LogP contribution in [0.1, 0.15) is 81.9 Å². The Kier molecular flexibility index (Phi) is 8.39. The fraction of sp³-hybridized carbons (Fsp3) is 0.536. The van der Waals surface area contributed by atoms with Gasteiger partial charge in [-0.1, -0.05) is 70.9 Å². The summed E-state index contributed by atoms with van der Waals surface area (Å²) in [5, 5.41) is 6.22. The van der Waals surface area contributed by atoms with E-state index in [4.69, 9.17) is 0 Å². The molecule has 2 aromatic carbocycles. The van der Waals surface area contributed by atoms with Crippen LogP contribution in [0.3, 0.4) is 0 Å². The van der Waals surface area contributed by atoms with Crippen LogP contribution in [0, 0.1) is 0 Å². The number of para-hydroxylation sites is 1. The van der Waals surface area contributed by atoms with Crippen LogP contribution in [0.15, 0.2) is 42.5 Å². The maximum Gasteiger partial charge on any atom is 0.405 e. The number of alkyl halides is 3. The number of nitrogens with zero attached hydrogens (tertiary/aromatic N) is 1. The zero-order valence-electron chi connectivity index (χ0n) is 21.4. The lowest BCUT2D eigenvalue weighted by Gasteiger charge is -2.31. The van der Waals surface area contributed by atoms with Crippen molar-refractivity contribution in [1.29, 1.82) is 0 Å². The first-order valence-corrected chi connectivity index (χ1v) is 12.5. The van der Waals surface area contributed by atoms with Gasteiger partial charge in [-0.3, -0.25) is 0 Å². The molecule has 3 rings (SSSR count). The van der Waals surface area contributed by atoms with Gasteiger partial charge in [0.2, 0.25) is 0 Å². The number of carbonyl (C=O) groups excluding carboxylic acids is 1. The number of benzene rings is 2. The first-order valence-electron chi connectivity index (χ1n) is 12.5. The molecule has 1 fully saturated rings. The number of rotatable bonds is 8. The summed E-state index contributed by atoms with van der Waals surface area (Å²) < 4.78 is 38.3. The van der Waals surface area contributed by atoms with E-state index in [9.17, 15) is 18.0 Å². The Bertz CT molecular complexity index is 967. The van der Waals surface area contributed by atoms with Crippen LogP contribution in [-0.2, 0) is 5.41 Å². The zero-order chi connectivity index (χ0) is 25.8. The highest BCUT2D eigenvalue weighted by Gasteiger charge is 2.36. The van der Waals surface area contributed by atoms with Crippen LogP contribution in [0.5, 0.6) is 0 Å². The third-order valence-electron chi connectivity index (χ3n) is 7.10. The minimum Gasteiger partial charge on any atom is -0.366 e. The third-order valence-corrected chi connectivity index (χ3v) is 7.10. The average Bonchev–Trinajstić information content (AvgIpc) is 3.27. The van der Waals surface area contributed by atoms with Gasteiger partial charge in [0.1, 0.15) is 6.54 Å². The van der Waals surface area contributed by atoms with Crippen LogP contribution >= 0.6 is 0 Å². The molecule has 0 saturated heterocycles. The Morgan fingerprint density at radius 1 is 0.971 bits per heavy atom. The molecule has 192 valence electrons. The number of urea groups is 1. The first-order chi connectivity index (χ1) is 16.4. The monoisotopic (exact) mass is 489 g/mol. The van der Waals surface area contributed by atoms with Gasteiger partial charge < -0.3 is 15.5 Å². The second-order valence-electron chi connectivity index (χ2n) is 10.4. The van der Waals surface area contributed by atoms with Crippen molar-refractivity contribution in [3.63, 3.8) is 0 Å². The number of hydrogen-bond donors (Lipinski definition) is 2. The van der Waals surface area contributed by atoms with Crippen LogP contribution < -0.4 is 15.5 Å². The Balaban J connectivity index is 1.74.